The molecule has 1 aliphatic heterocycles. The number of hydrogen-bond acceptors (Lipinski definition) is 12. The molecule has 9 heterocycles. The van der Waals surface area contributed by atoms with Gasteiger partial charge in [0.05, 0.1) is 43.0 Å². The van der Waals surface area contributed by atoms with E-state index >= 15 is 0 Å². The quantitative estimate of drug-likeness (QED) is 0.0963. The molecule has 0 aromatic carbocycles. The highest BCUT2D eigenvalue weighted by Gasteiger charge is 2.45. The van der Waals surface area contributed by atoms with Gasteiger partial charge in [-0.3, -0.25) is 9.97 Å². The lowest BCUT2D eigenvalue weighted by atomic mass is 10.0. The Morgan fingerprint density at radius 3 is 1.44 bits per heavy atom. The largest absolute Gasteiger partial charge is 0.252 e. The van der Waals surface area contributed by atoms with Crippen LogP contribution >= 0.6 is 78.8 Å². The van der Waals surface area contributed by atoms with Crippen LogP contribution in [-0.2, 0) is 0 Å². The van der Waals surface area contributed by atoms with E-state index in [2.05, 4.69) is 74.9 Å². The molecule has 0 spiro atoms. The summed E-state index contributed by atoms with van der Waals surface area (Å²) in [5, 5.41) is 4.23. The number of thiophene rings is 4. The van der Waals surface area contributed by atoms with Gasteiger partial charge in [-0.05, 0) is 71.2 Å². The third kappa shape index (κ3) is 6.75. The van der Waals surface area contributed by atoms with Crippen LogP contribution in [0.4, 0.5) is 0 Å². The van der Waals surface area contributed by atoms with E-state index in [1.807, 2.05) is 35.1 Å². The first kappa shape index (κ1) is 37.7. The highest BCUT2D eigenvalue weighted by molar-refractivity contribution is 8.34. The molecule has 1 aliphatic rings. The minimum Gasteiger partial charge on any atom is -0.252 e. The Balaban J connectivity index is 1.24. The van der Waals surface area contributed by atoms with Crippen molar-refractivity contribution < 1.29 is 0 Å². The average Bonchev–Trinajstić information content (AvgIpc) is 4.06. The third-order valence-corrected chi connectivity index (χ3v) is 21.2. The van der Waals surface area contributed by atoms with E-state index in [-0.39, 0.29) is 0 Å². The molecule has 0 aliphatic carbocycles. The highest BCUT2D eigenvalue weighted by Crippen LogP contribution is 2.77. The summed E-state index contributed by atoms with van der Waals surface area (Å²) in [5.41, 5.74) is 7.82. The lowest BCUT2D eigenvalue weighted by Gasteiger charge is -2.42. The first-order valence-electron chi connectivity index (χ1n) is 19.4. The molecule has 0 saturated heterocycles. The van der Waals surface area contributed by atoms with Gasteiger partial charge in [0.2, 0.25) is 0 Å². The van der Waals surface area contributed by atoms with Crippen LogP contribution < -0.4 is 0 Å². The Morgan fingerprint density at radius 2 is 1.04 bits per heavy atom. The zero-order chi connectivity index (χ0) is 37.5. The van der Waals surface area contributed by atoms with Gasteiger partial charge in [-0.1, -0.05) is 78.4 Å². The predicted molar refractivity (Wildman–Crippen MR) is 243 cm³/mol. The lowest BCUT2D eigenvalue weighted by Crippen LogP contribution is -2.20. The Kier molecular flexibility index (Phi) is 11.1. The van der Waals surface area contributed by atoms with Crippen LogP contribution in [0.5, 0.6) is 0 Å². The minimum atomic E-state index is -1.40. The van der Waals surface area contributed by atoms with Crippen LogP contribution in [0.25, 0.3) is 73.8 Å². The van der Waals surface area contributed by atoms with Crippen molar-refractivity contribution in [2.75, 3.05) is 11.5 Å². The van der Waals surface area contributed by atoms with Crippen LogP contribution in [0, 0.1) is 11.8 Å². The van der Waals surface area contributed by atoms with E-state index in [4.69, 9.17) is 27.5 Å². The number of rotatable bonds is 16. The fourth-order valence-electron chi connectivity index (χ4n) is 8.15. The van der Waals surface area contributed by atoms with Gasteiger partial charge in [-0.2, -0.15) is 27.5 Å². The molecule has 2 unspecified atom stereocenters. The van der Waals surface area contributed by atoms with Crippen molar-refractivity contribution in [3.05, 3.63) is 59.6 Å². The summed E-state index contributed by atoms with van der Waals surface area (Å²) in [6.45, 7) is 9.52. The molecule has 8 aromatic heterocycles. The maximum absolute atomic E-state index is 5.18. The first-order valence-corrected chi connectivity index (χ1v) is 26.3. The van der Waals surface area contributed by atoms with E-state index < -0.39 is 10.0 Å². The van der Waals surface area contributed by atoms with Gasteiger partial charge in [-0.25, -0.2) is 0 Å². The third-order valence-electron chi connectivity index (χ3n) is 11.2. The van der Waals surface area contributed by atoms with Crippen LogP contribution in [0.15, 0.2) is 69.3 Å². The van der Waals surface area contributed by atoms with Crippen molar-refractivity contribution in [1.82, 2.24) is 27.5 Å². The average molecular weight is 857 g/mol. The SMILES string of the molecule is CCCCC(CC)CS1(CC(CC)CCCC)c2cc(-c3ncc(-c4cccs4)c4nsnc34)sc2-c2sc(-c3ncc(-c4cccs4)c4nsnc34)cc21. The van der Waals surface area contributed by atoms with E-state index in [9.17, 15) is 0 Å². The van der Waals surface area contributed by atoms with Crippen LogP contribution in [0.1, 0.15) is 79.1 Å². The molecular formula is C42H44N6S7. The number of hydrogen-bond donors (Lipinski definition) is 0. The molecule has 0 N–H and O–H groups in total. The summed E-state index contributed by atoms with van der Waals surface area (Å²) >= 11 is 9.89. The summed E-state index contributed by atoms with van der Waals surface area (Å²) < 4.78 is 19.4. The second-order valence-electron chi connectivity index (χ2n) is 14.6. The fraction of sp³-hybridized carbons (Fsp3) is 0.381. The van der Waals surface area contributed by atoms with Gasteiger partial charge in [0.1, 0.15) is 33.5 Å². The molecule has 284 valence electrons. The smallest absolute Gasteiger partial charge is 0.132 e. The maximum Gasteiger partial charge on any atom is 0.132 e. The van der Waals surface area contributed by atoms with Crippen molar-refractivity contribution in [2.24, 2.45) is 11.8 Å². The number of pyridine rings is 2. The molecule has 55 heavy (non-hydrogen) atoms. The molecule has 0 saturated carbocycles. The second-order valence-corrected chi connectivity index (χ2v) is 22.9. The predicted octanol–water partition coefficient (Wildman–Crippen LogP) is 15.0. The van der Waals surface area contributed by atoms with Crippen LogP contribution in [-0.4, -0.2) is 39.0 Å². The van der Waals surface area contributed by atoms with Gasteiger partial charge in [0.25, 0.3) is 0 Å². The Labute approximate surface area is 349 Å². The Morgan fingerprint density at radius 1 is 0.582 bits per heavy atom. The van der Waals surface area contributed by atoms with Gasteiger partial charge in [-0.15, -0.1) is 45.3 Å². The standard InChI is InChI=1S/C42H44N6S7/c1-5-9-13-25(7-3)23-55(24-26(8-4)14-10-6-2)33-19-31(37-39-35(45-53-47-39)27(21-43-37)29-15-11-17-49-29)51-41(33)42-34(55)20-32(52-42)38-40-36(46-54-48-40)28(22-44-38)30-16-12-18-50-30/h11-12,15-22,25-26H,5-10,13-14,23-24H2,1-4H3. The molecule has 0 radical (unpaired) electrons. The number of nitrogens with zero attached hydrogens (tertiary/aromatic N) is 6. The normalized spacial score (nSPS) is 15.1. The van der Waals surface area contributed by atoms with Gasteiger partial charge in [0.15, 0.2) is 0 Å². The van der Waals surface area contributed by atoms with Gasteiger partial charge in [0, 0.05) is 43.1 Å². The highest BCUT2D eigenvalue weighted by atomic mass is 32.3. The van der Waals surface area contributed by atoms with Crippen molar-refractivity contribution in [3.8, 4) is 51.8 Å². The Hall–Kier alpha value is -2.91. The second kappa shape index (κ2) is 16.2. The van der Waals surface area contributed by atoms with Crippen LogP contribution in [0.2, 0.25) is 0 Å². The first-order chi connectivity index (χ1) is 27.1. The number of fused-ring (bicyclic) bond motifs is 5. The summed E-state index contributed by atoms with van der Waals surface area (Å²) in [6.07, 6.45) is 14.1. The van der Waals surface area contributed by atoms with E-state index in [0.29, 0.717) is 11.8 Å². The summed E-state index contributed by atoms with van der Waals surface area (Å²) in [4.78, 5) is 21.2. The summed E-state index contributed by atoms with van der Waals surface area (Å²) in [5.74, 6) is 3.85. The number of aromatic nitrogens is 6. The molecule has 8 aromatic rings. The molecule has 0 bridgehead atoms. The molecule has 13 heteroatoms. The Bertz CT molecular complexity index is 2360. The van der Waals surface area contributed by atoms with Crippen molar-refractivity contribution in [2.45, 2.75) is 88.9 Å². The maximum atomic E-state index is 5.18. The van der Waals surface area contributed by atoms with Crippen molar-refractivity contribution in [1.29, 1.82) is 0 Å². The number of unbranched alkanes of at least 4 members (excludes halogenated alkanes) is 2. The molecular weight excluding hydrogens is 813 g/mol. The monoisotopic (exact) mass is 856 g/mol. The topological polar surface area (TPSA) is 77.3 Å². The fourth-order valence-corrected chi connectivity index (χ4v) is 19.6. The molecule has 0 amide bonds. The van der Waals surface area contributed by atoms with Gasteiger partial charge >= 0.3 is 0 Å². The summed E-state index contributed by atoms with van der Waals surface area (Å²) in [6, 6.07) is 13.6. The molecule has 6 nitrogen and oxygen atoms in total. The van der Waals surface area contributed by atoms with Crippen LogP contribution in [0.3, 0.4) is 0 Å². The molecule has 0 fully saturated rings. The molecule has 2 atom stereocenters. The van der Waals surface area contributed by atoms with E-state index in [1.54, 1.807) is 32.5 Å². The van der Waals surface area contributed by atoms with Crippen molar-refractivity contribution in [3.63, 3.8) is 0 Å². The minimum absolute atomic E-state index is 0.680. The lowest BCUT2D eigenvalue weighted by molar-refractivity contribution is 0.484. The van der Waals surface area contributed by atoms with Crippen molar-refractivity contribution >= 4 is 101 Å². The zero-order valence-electron chi connectivity index (χ0n) is 31.5. The summed E-state index contributed by atoms with van der Waals surface area (Å²) in [7, 11) is -1.40. The zero-order valence-corrected chi connectivity index (χ0v) is 37.3. The van der Waals surface area contributed by atoms with Gasteiger partial charge < -0.3 is 0 Å². The molecule has 9 rings (SSSR count). The van der Waals surface area contributed by atoms with E-state index in [0.717, 1.165) is 44.6 Å². The van der Waals surface area contributed by atoms with E-state index in [1.165, 1.54) is 116 Å².